The summed E-state index contributed by atoms with van der Waals surface area (Å²) in [4.78, 5) is 0. The summed E-state index contributed by atoms with van der Waals surface area (Å²) in [6, 6.07) is 5.07. The predicted octanol–water partition coefficient (Wildman–Crippen LogP) is 4.83. The summed E-state index contributed by atoms with van der Waals surface area (Å²) < 4.78 is 14.0. The van der Waals surface area contributed by atoms with Crippen molar-refractivity contribution in [2.75, 3.05) is 13.1 Å². The molecule has 2 rings (SSSR count). The molecule has 1 aliphatic rings. The zero-order chi connectivity index (χ0) is 14.6. The zero-order valence-electron chi connectivity index (χ0n) is 12.5. The van der Waals surface area contributed by atoms with Crippen LogP contribution >= 0.6 is 11.6 Å². The van der Waals surface area contributed by atoms with Gasteiger partial charge in [-0.2, -0.15) is 0 Å². The second kappa shape index (κ2) is 6.91. The summed E-state index contributed by atoms with van der Waals surface area (Å²) in [7, 11) is 0. The van der Waals surface area contributed by atoms with Crippen molar-refractivity contribution in [2.24, 2.45) is 11.3 Å². The summed E-state index contributed by atoms with van der Waals surface area (Å²) in [5, 5.41) is 4.05. The average molecular weight is 298 g/mol. The van der Waals surface area contributed by atoms with Crippen molar-refractivity contribution < 1.29 is 4.39 Å². The Hall–Kier alpha value is -0.600. The van der Waals surface area contributed by atoms with Gasteiger partial charge in [0.15, 0.2) is 0 Å². The van der Waals surface area contributed by atoms with Crippen molar-refractivity contribution in [1.29, 1.82) is 0 Å². The van der Waals surface area contributed by atoms with Gasteiger partial charge in [-0.1, -0.05) is 44.4 Å². The first-order chi connectivity index (χ1) is 9.51. The van der Waals surface area contributed by atoms with Crippen LogP contribution in [0.2, 0.25) is 5.02 Å². The molecule has 0 bridgehead atoms. The smallest absolute Gasteiger partial charge is 0.127 e. The molecule has 1 aliphatic carbocycles. The van der Waals surface area contributed by atoms with Gasteiger partial charge in [-0.15, -0.1) is 0 Å². The quantitative estimate of drug-likeness (QED) is 0.793. The molecule has 1 saturated carbocycles. The Morgan fingerprint density at radius 3 is 2.60 bits per heavy atom. The standard InChI is InChI=1S/C17H25ClFN/c1-13(2)11-20-12-17(7-3-4-8-17)10-14-5-6-15(18)9-16(14)19/h5-6,9,13,20H,3-4,7-8,10-12H2,1-2H3. The van der Waals surface area contributed by atoms with E-state index in [-0.39, 0.29) is 11.2 Å². The second-order valence-corrected chi connectivity index (χ2v) is 7.08. The summed E-state index contributed by atoms with van der Waals surface area (Å²) in [5.41, 5.74) is 1.03. The minimum absolute atomic E-state index is 0.160. The molecule has 1 nitrogen and oxygen atoms in total. The van der Waals surface area contributed by atoms with E-state index in [1.807, 2.05) is 6.07 Å². The largest absolute Gasteiger partial charge is 0.316 e. The molecule has 0 atom stereocenters. The fraction of sp³-hybridized carbons (Fsp3) is 0.647. The molecule has 0 saturated heterocycles. The Bertz CT molecular complexity index is 439. The molecule has 0 heterocycles. The van der Waals surface area contributed by atoms with Gasteiger partial charge in [-0.25, -0.2) is 4.39 Å². The molecule has 0 radical (unpaired) electrons. The maximum absolute atomic E-state index is 14.0. The summed E-state index contributed by atoms with van der Waals surface area (Å²) >= 11 is 5.83. The van der Waals surface area contributed by atoms with E-state index in [4.69, 9.17) is 11.6 Å². The summed E-state index contributed by atoms with van der Waals surface area (Å²) in [6.07, 6.45) is 5.73. The molecule has 3 heteroatoms. The van der Waals surface area contributed by atoms with Gasteiger partial charge in [-0.3, -0.25) is 0 Å². The molecule has 1 N–H and O–H groups in total. The fourth-order valence-electron chi connectivity index (χ4n) is 3.24. The monoisotopic (exact) mass is 297 g/mol. The van der Waals surface area contributed by atoms with Crippen molar-refractivity contribution in [3.63, 3.8) is 0 Å². The van der Waals surface area contributed by atoms with Crippen LogP contribution in [0.5, 0.6) is 0 Å². The molecule has 1 fully saturated rings. The van der Waals surface area contributed by atoms with Gasteiger partial charge >= 0.3 is 0 Å². The maximum Gasteiger partial charge on any atom is 0.127 e. The third-order valence-electron chi connectivity index (χ3n) is 4.30. The lowest BCUT2D eigenvalue weighted by molar-refractivity contribution is 0.270. The van der Waals surface area contributed by atoms with E-state index >= 15 is 0 Å². The van der Waals surface area contributed by atoms with Crippen LogP contribution in [0.1, 0.15) is 45.1 Å². The average Bonchev–Trinajstić information content (AvgIpc) is 2.81. The highest BCUT2D eigenvalue weighted by atomic mass is 35.5. The Kier molecular flexibility index (Phi) is 5.45. The number of halogens is 2. The van der Waals surface area contributed by atoms with Crippen LogP contribution in [0.4, 0.5) is 4.39 Å². The van der Waals surface area contributed by atoms with Crippen LogP contribution in [0.3, 0.4) is 0 Å². The lowest BCUT2D eigenvalue weighted by atomic mass is 9.79. The van der Waals surface area contributed by atoms with Gasteiger partial charge in [0.1, 0.15) is 5.82 Å². The maximum atomic E-state index is 14.0. The van der Waals surface area contributed by atoms with Crippen molar-refractivity contribution in [3.8, 4) is 0 Å². The van der Waals surface area contributed by atoms with Crippen molar-refractivity contribution >= 4 is 11.6 Å². The molecule has 1 aromatic carbocycles. The first kappa shape index (κ1) is 15.8. The highest BCUT2D eigenvalue weighted by Gasteiger charge is 2.34. The van der Waals surface area contributed by atoms with Gasteiger partial charge < -0.3 is 5.32 Å². The molecular formula is C17H25ClFN. The van der Waals surface area contributed by atoms with Gasteiger partial charge in [0, 0.05) is 11.6 Å². The van der Waals surface area contributed by atoms with E-state index in [1.165, 1.54) is 31.7 Å². The highest BCUT2D eigenvalue weighted by Crippen LogP contribution is 2.41. The third-order valence-corrected chi connectivity index (χ3v) is 4.53. The van der Waals surface area contributed by atoms with Crippen LogP contribution in [0, 0.1) is 17.2 Å². The van der Waals surface area contributed by atoms with Crippen LogP contribution in [-0.4, -0.2) is 13.1 Å². The molecular weight excluding hydrogens is 273 g/mol. The van der Waals surface area contributed by atoms with E-state index in [2.05, 4.69) is 19.2 Å². The normalized spacial score (nSPS) is 17.9. The number of benzene rings is 1. The van der Waals surface area contributed by atoms with Gasteiger partial charge in [0.05, 0.1) is 0 Å². The molecule has 0 spiro atoms. The topological polar surface area (TPSA) is 12.0 Å². The first-order valence-electron chi connectivity index (χ1n) is 7.65. The fourth-order valence-corrected chi connectivity index (χ4v) is 3.39. The van der Waals surface area contributed by atoms with Crippen molar-refractivity contribution in [1.82, 2.24) is 5.32 Å². The number of rotatable bonds is 6. The Morgan fingerprint density at radius 1 is 1.30 bits per heavy atom. The van der Waals surface area contributed by atoms with Crippen LogP contribution in [0.15, 0.2) is 18.2 Å². The summed E-state index contributed by atoms with van der Waals surface area (Å²) in [6.45, 7) is 6.46. The zero-order valence-corrected chi connectivity index (χ0v) is 13.3. The van der Waals surface area contributed by atoms with Crippen LogP contribution in [-0.2, 0) is 6.42 Å². The lowest BCUT2D eigenvalue weighted by Gasteiger charge is -2.30. The number of nitrogens with one attached hydrogen (secondary N) is 1. The van der Waals surface area contributed by atoms with Crippen molar-refractivity contribution in [3.05, 3.63) is 34.6 Å². The minimum atomic E-state index is -0.160. The van der Waals surface area contributed by atoms with E-state index < -0.39 is 0 Å². The van der Waals surface area contributed by atoms with E-state index in [1.54, 1.807) is 6.07 Å². The van der Waals surface area contributed by atoms with Crippen LogP contribution in [0.25, 0.3) is 0 Å². The Balaban J connectivity index is 2.04. The molecule has 0 unspecified atom stereocenters. The lowest BCUT2D eigenvalue weighted by Crippen LogP contribution is -2.35. The Morgan fingerprint density at radius 2 is 2.00 bits per heavy atom. The molecule has 0 aromatic heterocycles. The van der Waals surface area contributed by atoms with E-state index in [0.717, 1.165) is 25.1 Å². The van der Waals surface area contributed by atoms with Gasteiger partial charge in [0.25, 0.3) is 0 Å². The minimum Gasteiger partial charge on any atom is -0.316 e. The molecule has 20 heavy (non-hydrogen) atoms. The highest BCUT2D eigenvalue weighted by molar-refractivity contribution is 6.30. The van der Waals surface area contributed by atoms with Crippen LogP contribution < -0.4 is 5.32 Å². The Labute approximate surface area is 126 Å². The number of hydrogen-bond donors (Lipinski definition) is 1. The molecule has 0 amide bonds. The van der Waals surface area contributed by atoms with Gasteiger partial charge in [0.2, 0.25) is 0 Å². The third kappa shape index (κ3) is 4.20. The molecule has 112 valence electrons. The first-order valence-corrected chi connectivity index (χ1v) is 8.03. The van der Waals surface area contributed by atoms with Gasteiger partial charge in [-0.05, 0) is 54.8 Å². The SMILES string of the molecule is CC(C)CNCC1(Cc2ccc(Cl)cc2F)CCCC1. The number of hydrogen-bond acceptors (Lipinski definition) is 1. The molecule has 1 aromatic rings. The summed E-state index contributed by atoms with van der Waals surface area (Å²) in [5.74, 6) is 0.494. The second-order valence-electron chi connectivity index (χ2n) is 6.64. The van der Waals surface area contributed by atoms with E-state index in [0.29, 0.717) is 10.9 Å². The van der Waals surface area contributed by atoms with E-state index in [9.17, 15) is 4.39 Å². The van der Waals surface area contributed by atoms with Crippen molar-refractivity contribution in [2.45, 2.75) is 46.0 Å². The molecule has 0 aliphatic heterocycles. The predicted molar refractivity (Wildman–Crippen MR) is 83.7 cm³/mol.